The summed E-state index contributed by atoms with van der Waals surface area (Å²) in [5.74, 6) is -7.43. The molecule has 1 aliphatic carbocycles. The highest BCUT2D eigenvalue weighted by atomic mass is 32.2. The predicted molar refractivity (Wildman–Crippen MR) is 118 cm³/mol. The zero-order valence-corrected chi connectivity index (χ0v) is 20.6. The van der Waals surface area contributed by atoms with Crippen molar-refractivity contribution in [2.75, 3.05) is 11.6 Å². The Hall–Kier alpha value is -2.78. The number of halogens is 5. The fourth-order valence-electron chi connectivity index (χ4n) is 4.52. The summed E-state index contributed by atoms with van der Waals surface area (Å²) in [6.45, 7) is 1.92. The second-order valence-corrected chi connectivity index (χ2v) is 11.3. The van der Waals surface area contributed by atoms with Crippen LogP contribution in [0, 0.1) is 17.6 Å². The summed E-state index contributed by atoms with van der Waals surface area (Å²) in [4.78, 5) is 13.2. The van der Waals surface area contributed by atoms with E-state index in [-0.39, 0.29) is 24.1 Å². The smallest absolute Gasteiger partial charge is 0.417 e. The van der Waals surface area contributed by atoms with E-state index in [1.54, 1.807) is 0 Å². The van der Waals surface area contributed by atoms with Crippen molar-refractivity contribution in [1.82, 2.24) is 9.19 Å². The van der Waals surface area contributed by atoms with E-state index in [2.05, 4.69) is 10.4 Å². The van der Waals surface area contributed by atoms with Gasteiger partial charge in [-0.25, -0.2) is 12.8 Å². The fourth-order valence-corrected chi connectivity index (χ4v) is 5.04. The van der Waals surface area contributed by atoms with E-state index in [4.69, 9.17) is 9.47 Å². The number of amides is 1. The molecule has 0 radical (unpaired) electrons. The van der Waals surface area contributed by atoms with Gasteiger partial charge in [0.2, 0.25) is 5.82 Å². The van der Waals surface area contributed by atoms with Crippen molar-refractivity contribution < 1.29 is 49.7 Å². The molecule has 4 atom stereocenters. The summed E-state index contributed by atoms with van der Waals surface area (Å²) >= 11 is 0. The molecule has 204 valence electrons. The minimum atomic E-state index is -4.95. The molecule has 2 aliphatic rings. The summed E-state index contributed by atoms with van der Waals surface area (Å²) < 4.78 is 106. The van der Waals surface area contributed by atoms with Crippen LogP contribution in [0.15, 0.2) is 24.5 Å². The number of anilines is 1. The summed E-state index contributed by atoms with van der Waals surface area (Å²) in [6, 6.07) is 1.76. The molecule has 1 aromatic heterocycles. The number of carbonyl (C=O) groups excluding carboxylic acids is 1. The summed E-state index contributed by atoms with van der Waals surface area (Å²) in [7, 11) is -3.80. The van der Waals surface area contributed by atoms with Crippen molar-refractivity contribution in [3.8, 4) is 5.75 Å². The third-order valence-corrected chi connectivity index (χ3v) is 7.77. The van der Waals surface area contributed by atoms with Crippen LogP contribution >= 0.6 is 0 Å². The maximum absolute atomic E-state index is 14.9. The highest BCUT2D eigenvalue weighted by molar-refractivity contribution is 7.89. The Bertz CT molecular complexity index is 1310. The van der Waals surface area contributed by atoms with Crippen LogP contribution in [0.25, 0.3) is 0 Å². The molecule has 9 nitrogen and oxygen atoms in total. The lowest BCUT2D eigenvalue weighted by Gasteiger charge is -2.34. The van der Waals surface area contributed by atoms with Crippen LogP contribution < -0.4 is 10.1 Å². The molecular weight excluding hydrogens is 529 g/mol. The van der Waals surface area contributed by atoms with Gasteiger partial charge >= 0.3 is 6.18 Å². The monoisotopic (exact) mass is 553 g/mol. The number of nitrogens with zero attached hydrogens (tertiary/aromatic N) is 2. The average molecular weight is 554 g/mol. The van der Waals surface area contributed by atoms with Gasteiger partial charge in [0.15, 0.2) is 17.2 Å². The number of nitrogens with one attached hydrogen (secondary N) is 1. The standard InChI is InChI=1S/C22H24F5N3O6S/c1-10-16(14-4-5-15(23)17(24)18(14)35-13-6-12(31)7-13)19(36-21(10,2)22(25,26)27)20(32)29-11-8-28-30(9-11)37(3,33)34/h4-5,8-10,12-13,16,19,31H,6-7H2,1-3H3,(H,29,32)/t10-,12?,13?,16-,19+,21+/m0/s1. The normalized spacial score (nSPS) is 30.1. The molecule has 1 aliphatic heterocycles. The second-order valence-electron chi connectivity index (χ2n) is 9.46. The molecule has 2 fully saturated rings. The molecule has 1 saturated carbocycles. The molecule has 2 heterocycles. The van der Waals surface area contributed by atoms with Crippen molar-refractivity contribution in [3.63, 3.8) is 0 Å². The topological polar surface area (TPSA) is 120 Å². The van der Waals surface area contributed by atoms with Crippen LogP contribution in [0.3, 0.4) is 0 Å². The highest BCUT2D eigenvalue weighted by Gasteiger charge is 2.66. The molecular formula is C22H24F5N3O6S. The number of ether oxygens (including phenoxy) is 2. The van der Waals surface area contributed by atoms with Gasteiger partial charge in [-0.15, -0.1) is 0 Å². The molecule has 0 spiro atoms. The van der Waals surface area contributed by atoms with E-state index in [1.165, 1.54) is 6.92 Å². The molecule has 37 heavy (non-hydrogen) atoms. The van der Waals surface area contributed by atoms with E-state index in [0.29, 0.717) is 10.2 Å². The van der Waals surface area contributed by atoms with Gasteiger partial charge in [-0.05, 0) is 13.0 Å². The van der Waals surface area contributed by atoms with Gasteiger partial charge in [-0.3, -0.25) is 4.79 Å². The lowest BCUT2D eigenvalue weighted by molar-refractivity contribution is -0.272. The fraction of sp³-hybridized carbons (Fsp3) is 0.545. The number of hydrogen-bond donors (Lipinski definition) is 2. The number of alkyl halides is 3. The van der Waals surface area contributed by atoms with Gasteiger partial charge in [0, 0.05) is 30.2 Å². The first-order valence-electron chi connectivity index (χ1n) is 11.2. The van der Waals surface area contributed by atoms with Gasteiger partial charge in [0.05, 0.1) is 30.4 Å². The minimum Gasteiger partial charge on any atom is -0.487 e. The number of benzene rings is 1. The molecule has 2 aromatic rings. The summed E-state index contributed by atoms with van der Waals surface area (Å²) in [5.41, 5.74) is -3.21. The molecule has 2 N–H and O–H groups in total. The first-order chi connectivity index (χ1) is 17.0. The number of aromatic nitrogens is 2. The highest BCUT2D eigenvalue weighted by Crippen LogP contribution is 2.55. The van der Waals surface area contributed by atoms with Gasteiger partial charge in [0.25, 0.3) is 15.9 Å². The predicted octanol–water partition coefficient (Wildman–Crippen LogP) is 2.95. The zero-order valence-electron chi connectivity index (χ0n) is 19.8. The van der Waals surface area contributed by atoms with Crippen LogP contribution in [0.1, 0.15) is 38.2 Å². The Labute approximate surface area is 208 Å². The number of aliphatic hydroxyl groups is 1. The van der Waals surface area contributed by atoms with Gasteiger partial charge in [0.1, 0.15) is 12.2 Å². The summed E-state index contributed by atoms with van der Waals surface area (Å²) in [5, 5.41) is 15.4. The maximum Gasteiger partial charge on any atom is 0.417 e. The van der Waals surface area contributed by atoms with Crippen LogP contribution in [-0.2, 0) is 19.6 Å². The molecule has 4 rings (SSSR count). The van der Waals surface area contributed by atoms with Crippen molar-refractivity contribution in [1.29, 1.82) is 0 Å². The van der Waals surface area contributed by atoms with Crippen LogP contribution in [0.5, 0.6) is 5.75 Å². The van der Waals surface area contributed by atoms with Crippen LogP contribution in [-0.4, -0.2) is 65.0 Å². The first kappa shape index (κ1) is 27.3. The van der Waals surface area contributed by atoms with E-state index >= 15 is 0 Å². The van der Waals surface area contributed by atoms with Gasteiger partial charge in [-0.1, -0.05) is 13.0 Å². The Morgan fingerprint density at radius 2 is 1.95 bits per heavy atom. The molecule has 1 saturated heterocycles. The Kier molecular flexibility index (Phi) is 6.78. The Balaban J connectivity index is 1.75. The SMILES string of the molecule is C[C@H]1[C@@H](c2ccc(F)c(F)c2OC2CC(O)C2)[C@H](C(=O)Nc2cnn(S(C)(=O)=O)c2)O[C@@]1(C)C(F)(F)F. The van der Waals surface area contributed by atoms with Crippen LogP contribution in [0.4, 0.5) is 27.6 Å². The van der Waals surface area contributed by atoms with Crippen molar-refractivity contribution in [2.24, 2.45) is 5.92 Å². The number of rotatable bonds is 6. The number of hydrogen-bond acceptors (Lipinski definition) is 7. The largest absolute Gasteiger partial charge is 0.487 e. The van der Waals surface area contributed by atoms with Crippen molar-refractivity contribution in [2.45, 2.75) is 62.7 Å². The lowest BCUT2D eigenvalue weighted by Crippen LogP contribution is -2.47. The van der Waals surface area contributed by atoms with Gasteiger partial charge in [-0.2, -0.15) is 26.7 Å². The third kappa shape index (κ3) is 4.91. The average Bonchev–Trinajstić information content (AvgIpc) is 3.34. The second kappa shape index (κ2) is 9.20. The quantitative estimate of drug-likeness (QED) is 0.528. The van der Waals surface area contributed by atoms with Crippen LogP contribution in [0.2, 0.25) is 0 Å². The number of carbonyl (C=O) groups is 1. The first-order valence-corrected chi connectivity index (χ1v) is 13.0. The van der Waals surface area contributed by atoms with Crippen molar-refractivity contribution in [3.05, 3.63) is 41.7 Å². The summed E-state index contributed by atoms with van der Waals surface area (Å²) in [6.07, 6.45) is -5.23. The number of aliphatic hydroxyl groups excluding tert-OH is 1. The van der Waals surface area contributed by atoms with E-state index in [9.17, 15) is 40.3 Å². The third-order valence-electron chi connectivity index (χ3n) is 6.89. The van der Waals surface area contributed by atoms with Crippen molar-refractivity contribution >= 4 is 21.6 Å². The molecule has 1 aromatic carbocycles. The van der Waals surface area contributed by atoms with E-state index in [0.717, 1.165) is 31.6 Å². The molecule has 15 heteroatoms. The zero-order chi connectivity index (χ0) is 27.5. The minimum absolute atomic E-state index is 0.112. The molecule has 0 bridgehead atoms. The maximum atomic E-state index is 14.9. The molecule has 1 amide bonds. The Morgan fingerprint density at radius 3 is 2.49 bits per heavy atom. The van der Waals surface area contributed by atoms with E-state index in [1.807, 2.05) is 0 Å². The van der Waals surface area contributed by atoms with Gasteiger partial charge < -0.3 is 19.9 Å². The lowest BCUT2D eigenvalue weighted by atomic mass is 9.76. The van der Waals surface area contributed by atoms with E-state index < -0.39 is 75.2 Å². The molecule has 0 unspecified atom stereocenters. The Morgan fingerprint density at radius 1 is 1.30 bits per heavy atom.